The number of nitrogens with zero attached hydrogens (tertiary/aromatic N) is 3. The molecule has 8 heteroatoms. The van der Waals surface area contributed by atoms with Gasteiger partial charge in [0.15, 0.2) is 11.5 Å². The lowest BCUT2D eigenvalue weighted by atomic mass is 10.0. The summed E-state index contributed by atoms with van der Waals surface area (Å²) in [4.78, 5) is 12.2. The lowest BCUT2D eigenvalue weighted by Gasteiger charge is -2.26. The maximum Gasteiger partial charge on any atom is 0.218 e. The van der Waals surface area contributed by atoms with Gasteiger partial charge in [-0.1, -0.05) is 18.2 Å². The second-order valence-electron chi connectivity index (χ2n) is 6.28. The van der Waals surface area contributed by atoms with Gasteiger partial charge in [0.05, 0.1) is 24.6 Å². The van der Waals surface area contributed by atoms with Crippen molar-refractivity contribution in [3.05, 3.63) is 53.5 Å². The minimum Gasteiger partial charge on any atom is -0.461 e. The van der Waals surface area contributed by atoms with Gasteiger partial charge < -0.3 is 13.9 Å². The quantitative estimate of drug-likeness (QED) is 0.661. The number of ketones is 1. The Morgan fingerprint density at radius 2 is 2.00 bits per heavy atom. The van der Waals surface area contributed by atoms with Gasteiger partial charge in [0.2, 0.25) is 16.9 Å². The van der Waals surface area contributed by atoms with E-state index in [1.165, 1.54) is 0 Å². The highest BCUT2D eigenvalue weighted by molar-refractivity contribution is 7.71. The Kier molecular flexibility index (Phi) is 3.63. The smallest absolute Gasteiger partial charge is 0.218 e. The highest BCUT2D eigenvalue weighted by atomic mass is 32.1. The minimum absolute atomic E-state index is 0.0838. The van der Waals surface area contributed by atoms with Crippen LogP contribution in [-0.4, -0.2) is 39.1 Å². The van der Waals surface area contributed by atoms with Gasteiger partial charge in [-0.05, 0) is 36.5 Å². The van der Waals surface area contributed by atoms with Crippen LogP contribution < -0.4 is 0 Å². The molecule has 0 N–H and O–H groups in total. The van der Waals surface area contributed by atoms with Gasteiger partial charge >= 0.3 is 0 Å². The first-order valence-electron chi connectivity index (χ1n) is 8.33. The molecule has 3 aromatic rings. The SMILES string of the molecule is O=C1C[C@@H](n2nc(-c3ccco3)n(-c3ccccc3)c2=S)[C@H]2CO[C@@H]1O2. The second-order valence-corrected chi connectivity index (χ2v) is 6.64. The molecular formula is C18H15N3O4S. The summed E-state index contributed by atoms with van der Waals surface area (Å²) in [7, 11) is 0. The Morgan fingerprint density at radius 1 is 1.15 bits per heavy atom. The summed E-state index contributed by atoms with van der Waals surface area (Å²) < 4.78 is 20.6. The average molecular weight is 369 g/mol. The van der Waals surface area contributed by atoms with Crippen LogP contribution in [0.25, 0.3) is 17.3 Å². The van der Waals surface area contributed by atoms with Gasteiger partial charge in [-0.25, -0.2) is 4.68 Å². The van der Waals surface area contributed by atoms with Crippen molar-refractivity contribution in [2.45, 2.75) is 24.9 Å². The van der Waals surface area contributed by atoms with Crippen molar-refractivity contribution in [1.29, 1.82) is 0 Å². The molecule has 1 aromatic carbocycles. The van der Waals surface area contributed by atoms with Crippen LogP contribution >= 0.6 is 12.2 Å². The van der Waals surface area contributed by atoms with Crippen LogP contribution in [-0.2, 0) is 14.3 Å². The zero-order valence-electron chi connectivity index (χ0n) is 13.6. The maximum absolute atomic E-state index is 12.2. The van der Waals surface area contributed by atoms with E-state index in [0.29, 0.717) is 23.0 Å². The van der Waals surface area contributed by atoms with E-state index in [9.17, 15) is 4.79 Å². The van der Waals surface area contributed by atoms with Crippen molar-refractivity contribution in [1.82, 2.24) is 14.3 Å². The van der Waals surface area contributed by atoms with Crippen LogP contribution in [0.5, 0.6) is 0 Å². The third kappa shape index (κ3) is 2.38. The first kappa shape index (κ1) is 15.7. The number of hydrogen-bond donors (Lipinski definition) is 0. The Bertz CT molecular complexity index is 1010. The lowest BCUT2D eigenvalue weighted by Crippen LogP contribution is -2.37. The van der Waals surface area contributed by atoms with E-state index in [0.717, 1.165) is 5.69 Å². The largest absolute Gasteiger partial charge is 0.461 e. The van der Waals surface area contributed by atoms with Crippen LogP contribution in [0.3, 0.4) is 0 Å². The Hall–Kier alpha value is -2.55. The Morgan fingerprint density at radius 3 is 2.77 bits per heavy atom. The molecule has 0 aliphatic carbocycles. The summed E-state index contributed by atoms with van der Waals surface area (Å²) in [6.07, 6.45) is 0.891. The van der Waals surface area contributed by atoms with Crippen LogP contribution in [0.15, 0.2) is 53.1 Å². The molecule has 26 heavy (non-hydrogen) atoms. The number of carbonyl (C=O) groups excluding carboxylic acids is 1. The van der Waals surface area contributed by atoms with Crippen LogP contribution in [0.2, 0.25) is 0 Å². The third-order valence-corrected chi connectivity index (χ3v) is 5.05. The third-order valence-electron chi connectivity index (χ3n) is 4.68. The predicted molar refractivity (Wildman–Crippen MR) is 93.4 cm³/mol. The van der Waals surface area contributed by atoms with E-state index in [2.05, 4.69) is 0 Å². The number of benzene rings is 1. The van der Waals surface area contributed by atoms with Crippen molar-refractivity contribution in [3.63, 3.8) is 0 Å². The molecule has 2 saturated heterocycles. The fourth-order valence-corrected chi connectivity index (χ4v) is 3.81. The standard InChI is InChI=1S/C18H15N3O4S/c22-13-9-12(15-10-24-17(13)25-15)21-18(26)20(11-5-2-1-3-6-11)16(19-21)14-7-4-8-23-14/h1-8,12,15,17H,9-10H2/t12-,15-,17-/m1/s1. The molecule has 2 aliphatic rings. The van der Waals surface area contributed by atoms with Crippen molar-refractivity contribution in [3.8, 4) is 17.3 Å². The molecule has 5 rings (SSSR count). The summed E-state index contributed by atoms with van der Waals surface area (Å²) in [5, 5.41) is 4.70. The molecule has 2 bridgehead atoms. The minimum atomic E-state index is -0.744. The zero-order valence-corrected chi connectivity index (χ0v) is 14.5. The van der Waals surface area contributed by atoms with Crippen molar-refractivity contribution in [2.24, 2.45) is 0 Å². The number of rotatable bonds is 3. The average Bonchev–Trinajstić information content (AvgIpc) is 3.39. The van der Waals surface area contributed by atoms with Crippen molar-refractivity contribution >= 4 is 18.0 Å². The summed E-state index contributed by atoms with van der Waals surface area (Å²) in [5.74, 6) is 1.10. The van der Waals surface area contributed by atoms with E-state index < -0.39 is 6.29 Å². The topological polar surface area (TPSA) is 71.4 Å². The molecule has 2 aliphatic heterocycles. The molecule has 132 valence electrons. The van der Waals surface area contributed by atoms with Gasteiger partial charge in [0.25, 0.3) is 0 Å². The number of ether oxygens (including phenoxy) is 2. The summed E-state index contributed by atoms with van der Waals surface area (Å²) in [6.45, 7) is 0.358. The monoisotopic (exact) mass is 369 g/mol. The molecule has 2 aromatic heterocycles. The molecule has 0 saturated carbocycles. The zero-order chi connectivity index (χ0) is 17.7. The normalized spacial score (nSPS) is 24.9. The summed E-state index contributed by atoms with van der Waals surface area (Å²) in [5.41, 5.74) is 0.874. The number of hydrogen-bond acceptors (Lipinski definition) is 6. The first-order valence-corrected chi connectivity index (χ1v) is 8.74. The van der Waals surface area contributed by atoms with E-state index >= 15 is 0 Å². The molecule has 0 unspecified atom stereocenters. The molecule has 0 amide bonds. The van der Waals surface area contributed by atoms with Gasteiger partial charge in [-0.2, -0.15) is 0 Å². The number of fused-ring (bicyclic) bond motifs is 2. The van der Waals surface area contributed by atoms with E-state index in [1.807, 2.05) is 41.0 Å². The second kappa shape index (κ2) is 6.01. The molecule has 0 spiro atoms. The maximum atomic E-state index is 12.2. The van der Waals surface area contributed by atoms with Crippen LogP contribution in [0, 0.1) is 4.77 Å². The first-order chi connectivity index (χ1) is 12.7. The van der Waals surface area contributed by atoms with Crippen LogP contribution in [0.1, 0.15) is 12.5 Å². The Labute approximate surface area is 153 Å². The molecule has 2 fully saturated rings. The van der Waals surface area contributed by atoms with Crippen molar-refractivity contribution in [2.75, 3.05) is 6.61 Å². The van der Waals surface area contributed by atoms with Gasteiger partial charge in [0.1, 0.15) is 6.10 Å². The number of furan rings is 1. The number of carbonyl (C=O) groups is 1. The lowest BCUT2D eigenvalue weighted by molar-refractivity contribution is -0.156. The highest BCUT2D eigenvalue weighted by Gasteiger charge is 2.45. The van der Waals surface area contributed by atoms with E-state index in [1.54, 1.807) is 17.0 Å². The van der Waals surface area contributed by atoms with Gasteiger partial charge in [0, 0.05) is 6.42 Å². The summed E-state index contributed by atoms with van der Waals surface area (Å²) >= 11 is 5.72. The Balaban J connectivity index is 1.68. The molecule has 3 atom stereocenters. The molecule has 7 nitrogen and oxygen atoms in total. The van der Waals surface area contributed by atoms with E-state index in [4.69, 9.17) is 31.2 Å². The number of aromatic nitrogens is 3. The number of Topliss-reactive ketones (excluding diaryl/α,β-unsaturated/α-hetero) is 1. The fourth-order valence-electron chi connectivity index (χ4n) is 3.44. The van der Waals surface area contributed by atoms with Crippen molar-refractivity contribution < 1.29 is 18.7 Å². The van der Waals surface area contributed by atoms with Crippen LogP contribution in [0.4, 0.5) is 0 Å². The molecular weight excluding hydrogens is 354 g/mol. The highest BCUT2D eigenvalue weighted by Crippen LogP contribution is 2.34. The number of para-hydroxylation sites is 1. The summed E-state index contributed by atoms with van der Waals surface area (Å²) in [6, 6.07) is 13.0. The van der Waals surface area contributed by atoms with E-state index in [-0.39, 0.29) is 24.3 Å². The predicted octanol–water partition coefficient (Wildman–Crippen LogP) is 2.92. The molecule has 0 radical (unpaired) electrons. The fraction of sp³-hybridized carbons (Fsp3) is 0.278. The molecule has 4 heterocycles. The van der Waals surface area contributed by atoms with Gasteiger partial charge in [-0.15, -0.1) is 5.10 Å². The van der Waals surface area contributed by atoms with Gasteiger partial charge in [-0.3, -0.25) is 9.36 Å².